The quantitative estimate of drug-likeness (QED) is 0.595. The van der Waals surface area contributed by atoms with Gasteiger partial charge in [0.15, 0.2) is 5.78 Å². The lowest BCUT2D eigenvalue weighted by atomic mass is 9.96. The molecule has 0 atom stereocenters. The van der Waals surface area contributed by atoms with Crippen molar-refractivity contribution in [3.63, 3.8) is 0 Å². The minimum Gasteiger partial charge on any atom is -0.294 e. The van der Waals surface area contributed by atoms with E-state index in [0.717, 1.165) is 15.6 Å². The molecular formula is C14H17IO. The molecule has 0 spiro atoms. The summed E-state index contributed by atoms with van der Waals surface area (Å²) in [5, 5.41) is 0. The van der Waals surface area contributed by atoms with Gasteiger partial charge >= 0.3 is 0 Å². The SMILES string of the molecule is Cc1cccc(C(=O)CC2CCCC2)c1I. The van der Waals surface area contributed by atoms with Crippen LogP contribution in [-0.4, -0.2) is 5.78 Å². The second-order valence-corrected chi connectivity index (χ2v) is 5.79. The van der Waals surface area contributed by atoms with Crippen molar-refractivity contribution in [3.8, 4) is 0 Å². The lowest BCUT2D eigenvalue weighted by Gasteiger charge is -2.10. The highest BCUT2D eigenvalue weighted by Crippen LogP contribution is 2.29. The van der Waals surface area contributed by atoms with Gasteiger partial charge in [-0.3, -0.25) is 4.79 Å². The van der Waals surface area contributed by atoms with Crippen LogP contribution in [0.2, 0.25) is 0 Å². The van der Waals surface area contributed by atoms with Crippen LogP contribution in [0.15, 0.2) is 18.2 Å². The molecule has 0 aliphatic heterocycles. The zero-order valence-electron chi connectivity index (χ0n) is 9.63. The van der Waals surface area contributed by atoms with E-state index in [1.165, 1.54) is 31.2 Å². The minimum absolute atomic E-state index is 0.333. The molecule has 1 aliphatic rings. The number of Topliss-reactive ketones (excluding diaryl/α,β-unsaturated/α-hetero) is 1. The first-order chi connectivity index (χ1) is 7.68. The second-order valence-electron chi connectivity index (χ2n) is 4.71. The Balaban J connectivity index is 2.11. The highest BCUT2D eigenvalue weighted by molar-refractivity contribution is 14.1. The number of carbonyl (C=O) groups excluding carboxylic acids is 1. The zero-order chi connectivity index (χ0) is 11.5. The molecule has 1 aromatic rings. The first-order valence-electron chi connectivity index (χ1n) is 5.97. The number of ketones is 1. The predicted molar refractivity (Wildman–Crippen MR) is 74.8 cm³/mol. The van der Waals surface area contributed by atoms with Crippen LogP contribution in [0.3, 0.4) is 0 Å². The maximum atomic E-state index is 12.2. The molecule has 0 radical (unpaired) electrons. The molecule has 1 aliphatic carbocycles. The summed E-state index contributed by atoms with van der Waals surface area (Å²) >= 11 is 2.29. The molecule has 2 heteroatoms. The van der Waals surface area contributed by atoms with E-state index in [1.54, 1.807) is 0 Å². The van der Waals surface area contributed by atoms with Gasteiger partial charge in [-0.2, -0.15) is 0 Å². The van der Waals surface area contributed by atoms with Crippen LogP contribution in [0, 0.1) is 16.4 Å². The molecule has 0 aromatic heterocycles. The van der Waals surface area contributed by atoms with E-state index in [0.29, 0.717) is 11.7 Å². The van der Waals surface area contributed by atoms with Gasteiger partial charge in [0.1, 0.15) is 0 Å². The summed E-state index contributed by atoms with van der Waals surface area (Å²) in [6.45, 7) is 2.06. The van der Waals surface area contributed by atoms with Gasteiger partial charge in [0.2, 0.25) is 0 Å². The number of rotatable bonds is 3. The van der Waals surface area contributed by atoms with Crippen molar-refractivity contribution in [1.82, 2.24) is 0 Å². The van der Waals surface area contributed by atoms with Crippen molar-refractivity contribution in [2.24, 2.45) is 5.92 Å². The average Bonchev–Trinajstić information content (AvgIpc) is 2.74. The highest BCUT2D eigenvalue weighted by Gasteiger charge is 2.20. The largest absolute Gasteiger partial charge is 0.294 e. The van der Waals surface area contributed by atoms with E-state index in [-0.39, 0.29) is 0 Å². The van der Waals surface area contributed by atoms with Crippen LogP contribution in [0.4, 0.5) is 0 Å². The number of hydrogen-bond acceptors (Lipinski definition) is 1. The molecule has 0 saturated heterocycles. The molecular weight excluding hydrogens is 311 g/mol. The number of carbonyl (C=O) groups is 1. The Labute approximate surface area is 111 Å². The van der Waals surface area contributed by atoms with Crippen LogP contribution in [-0.2, 0) is 0 Å². The third-order valence-electron chi connectivity index (χ3n) is 3.44. The minimum atomic E-state index is 0.333. The summed E-state index contributed by atoms with van der Waals surface area (Å²) in [6, 6.07) is 6.01. The van der Waals surface area contributed by atoms with E-state index in [2.05, 4.69) is 35.6 Å². The van der Waals surface area contributed by atoms with Gasteiger partial charge in [0.25, 0.3) is 0 Å². The summed E-state index contributed by atoms with van der Waals surface area (Å²) in [6.07, 6.45) is 5.85. The van der Waals surface area contributed by atoms with E-state index >= 15 is 0 Å². The van der Waals surface area contributed by atoms with E-state index in [9.17, 15) is 4.79 Å². The van der Waals surface area contributed by atoms with Crippen molar-refractivity contribution in [1.29, 1.82) is 0 Å². The normalized spacial score (nSPS) is 16.6. The Bertz CT molecular complexity index is 392. The van der Waals surface area contributed by atoms with Gasteiger partial charge in [0.05, 0.1) is 0 Å². The lowest BCUT2D eigenvalue weighted by Crippen LogP contribution is -2.08. The number of hydrogen-bond donors (Lipinski definition) is 0. The Morgan fingerprint density at radius 3 is 2.75 bits per heavy atom. The molecule has 1 aromatic carbocycles. The van der Waals surface area contributed by atoms with Gasteiger partial charge in [-0.15, -0.1) is 0 Å². The number of aryl methyl sites for hydroxylation is 1. The first kappa shape index (κ1) is 12.1. The molecule has 2 rings (SSSR count). The Kier molecular flexibility index (Phi) is 4.00. The molecule has 0 bridgehead atoms. The van der Waals surface area contributed by atoms with Crippen molar-refractivity contribution >= 4 is 28.4 Å². The fourth-order valence-electron chi connectivity index (χ4n) is 2.45. The Morgan fingerprint density at radius 2 is 2.06 bits per heavy atom. The van der Waals surface area contributed by atoms with Gasteiger partial charge in [-0.1, -0.05) is 43.9 Å². The van der Waals surface area contributed by atoms with Gasteiger partial charge < -0.3 is 0 Å². The predicted octanol–water partition coefficient (Wildman–Crippen LogP) is 4.36. The molecule has 1 nitrogen and oxygen atoms in total. The molecule has 0 heterocycles. The first-order valence-corrected chi connectivity index (χ1v) is 7.04. The van der Waals surface area contributed by atoms with E-state index in [4.69, 9.17) is 0 Å². The molecule has 1 saturated carbocycles. The van der Waals surface area contributed by atoms with Crippen molar-refractivity contribution < 1.29 is 4.79 Å². The second kappa shape index (κ2) is 5.30. The molecule has 0 N–H and O–H groups in total. The Hall–Kier alpha value is -0.380. The summed E-state index contributed by atoms with van der Waals surface area (Å²) in [5.41, 5.74) is 2.13. The Morgan fingerprint density at radius 1 is 1.38 bits per heavy atom. The molecule has 16 heavy (non-hydrogen) atoms. The van der Waals surface area contributed by atoms with Crippen molar-refractivity contribution in [2.45, 2.75) is 39.0 Å². The summed E-state index contributed by atoms with van der Waals surface area (Å²) in [4.78, 5) is 12.2. The lowest BCUT2D eigenvalue weighted by molar-refractivity contribution is 0.0961. The van der Waals surface area contributed by atoms with Crippen LogP contribution < -0.4 is 0 Å². The van der Waals surface area contributed by atoms with Gasteiger partial charge in [-0.05, 0) is 41.0 Å². The maximum Gasteiger partial charge on any atom is 0.164 e. The molecule has 86 valence electrons. The van der Waals surface area contributed by atoms with Gasteiger partial charge in [-0.25, -0.2) is 0 Å². The summed E-state index contributed by atoms with van der Waals surface area (Å²) in [5.74, 6) is 0.976. The standard InChI is InChI=1S/C14H17IO/c1-10-5-4-8-12(14(10)15)13(16)9-11-6-2-3-7-11/h4-5,8,11H,2-3,6-7,9H2,1H3. The molecule has 0 amide bonds. The van der Waals surface area contributed by atoms with Crippen LogP contribution in [0.5, 0.6) is 0 Å². The maximum absolute atomic E-state index is 12.2. The average molecular weight is 328 g/mol. The number of halogens is 1. The monoisotopic (exact) mass is 328 g/mol. The van der Waals surface area contributed by atoms with Crippen molar-refractivity contribution in [2.75, 3.05) is 0 Å². The van der Waals surface area contributed by atoms with Crippen molar-refractivity contribution in [3.05, 3.63) is 32.9 Å². The molecule has 1 fully saturated rings. The van der Waals surface area contributed by atoms with Crippen LogP contribution in [0.1, 0.15) is 48.0 Å². The smallest absolute Gasteiger partial charge is 0.164 e. The fraction of sp³-hybridized carbons (Fsp3) is 0.500. The zero-order valence-corrected chi connectivity index (χ0v) is 11.8. The number of benzene rings is 1. The van der Waals surface area contributed by atoms with E-state index in [1.807, 2.05) is 12.1 Å². The van der Waals surface area contributed by atoms with E-state index < -0.39 is 0 Å². The van der Waals surface area contributed by atoms with Crippen LogP contribution >= 0.6 is 22.6 Å². The van der Waals surface area contributed by atoms with Crippen LogP contribution in [0.25, 0.3) is 0 Å². The fourth-order valence-corrected chi connectivity index (χ4v) is 3.11. The summed E-state index contributed by atoms with van der Waals surface area (Å²) < 4.78 is 1.13. The van der Waals surface area contributed by atoms with Gasteiger partial charge in [0, 0.05) is 15.6 Å². The molecule has 0 unspecified atom stereocenters. The highest BCUT2D eigenvalue weighted by atomic mass is 127. The third kappa shape index (κ3) is 2.65. The third-order valence-corrected chi connectivity index (χ3v) is 4.87. The topological polar surface area (TPSA) is 17.1 Å². The summed E-state index contributed by atoms with van der Waals surface area (Å²) in [7, 11) is 0.